The van der Waals surface area contributed by atoms with Crippen molar-refractivity contribution in [2.45, 2.75) is 44.8 Å². The zero-order chi connectivity index (χ0) is 21.2. The molecule has 2 fully saturated rings. The van der Waals surface area contributed by atoms with Gasteiger partial charge in [0, 0.05) is 19.1 Å². The van der Waals surface area contributed by atoms with Crippen molar-refractivity contribution in [2.24, 2.45) is 0 Å². The lowest BCUT2D eigenvalue weighted by atomic mass is 9.93. The first-order valence-corrected chi connectivity index (χ1v) is 11.0. The molecule has 31 heavy (non-hydrogen) atoms. The Morgan fingerprint density at radius 1 is 1.13 bits per heavy atom. The Morgan fingerprint density at radius 2 is 1.94 bits per heavy atom. The Bertz CT molecular complexity index is 1040. The first kappa shape index (κ1) is 20.0. The molecule has 0 radical (unpaired) electrons. The number of morpholine rings is 1. The highest BCUT2D eigenvalue weighted by molar-refractivity contribution is 5.61. The van der Waals surface area contributed by atoms with Crippen LogP contribution in [0.25, 0.3) is 5.65 Å². The van der Waals surface area contributed by atoms with E-state index in [9.17, 15) is 5.11 Å². The number of aliphatic hydroxyl groups is 1. The SMILES string of the molecule is Cc1cc(Nc2nc3cccc(NC4CCC(O)CC4)n3n2)cnc1N1CCOCC1. The average molecular weight is 424 g/mol. The fraction of sp³-hybridized carbons (Fsp3) is 0.500. The number of aryl methyl sites for hydroxylation is 1. The van der Waals surface area contributed by atoms with Crippen molar-refractivity contribution < 1.29 is 9.84 Å². The molecule has 0 bridgehead atoms. The van der Waals surface area contributed by atoms with Gasteiger partial charge in [0.25, 0.3) is 0 Å². The van der Waals surface area contributed by atoms with Crippen LogP contribution in [0.2, 0.25) is 0 Å². The standard InChI is InChI=1S/C22H29N7O2/c1-15-13-17(14-23-21(15)28-9-11-31-12-10-28)25-22-26-20-4-2-3-19(29(20)27-22)24-16-5-7-18(30)8-6-16/h2-4,13-14,16,18,24,30H,5-12H2,1H3,(H,25,27). The molecule has 1 aliphatic carbocycles. The second-order valence-electron chi connectivity index (χ2n) is 8.36. The van der Waals surface area contributed by atoms with Gasteiger partial charge in [0.05, 0.1) is 31.2 Å². The number of hydrogen-bond donors (Lipinski definition) is 3. The minimum atomic E-state index is -0.164. The molecule has 2 aliphatic rings. The molecule has 0 atom stereocenters. The molecule has 1 aliphatic heterocycles. The Balaban J connectivity index is 1.32. The van der Waals surface area contributed by atoms with Gasteiger partial charge in [-0.2, -0.15) is 9.50 Å². The number of nitrogens with zero attached hydrogens (tertiary/aromatic N) is 5. The summed E-state index contributed by atoms with van der Waals surface area (Å²) >= 11 is 0. The maximum Gasteiger partial charge on any atom is 0.247 e. The quantitative estimate of drug-likeness (QED) is 0.576. The van der Waals surface area contributed by atoms with E-state index in [4.69, 9.17) is 4.74 Å². The topological polar surface area (TPSA) is 99.8 Å². The monoisotopic (exact) mass is 423 g/mol. The second-order valence-corrected chi connectivity index (χ2v) is 8.36. The number of hydrogen-bond acceptors (Lipinski definition) is 8. The van der Waals surface area contributed by atoms with Gasteiger partial charge in [0.15, 0.2) is 5.65 Å². The predicted molar refractivity (Wildman–Crippen MR) is 120 cm³/mol. The number of ether oxygens (including phenoxy) is 1. The highest BCUT2D eigenvalue weighted by Crippen LogP contribution is 2.25. The Hall–Kier alpha value is -2.91. The lowest BCUT2D eigenvalue weighted by Gasteiger charge is -2.29. The summed E-state index contributed by atoms with van der Waals surface area (Å²) in [6, 6.07) is 8.36. The van der Waals surface area contributed by atoms with Gasteiger partial charge in [-0.25, -0.2) is 4.98 Å². The van der Waals surface area contributed by atoms with Crippen LogP contribution in [0.1, 0.15) is 31.2 Å². The number of anilines is 4. The lowest BCUT2D eigenvalue weighted by Crippen LogP contribution is -2.37. The summed E-state index contributed by atoms with van der Waals surface area (Å²) in [4.78, 5) is 11.5. The fourth-order valence-corrected chi connectivity index (χ4v) is 4.37. The van der Waals surface area contributed by atoms with E-state index < -0.39 is 0 Å². The molecule has 4 heterocycles. The molecule has 9 heteroatoms. The predicted octanol–water partition coefficient (Wildman–Crippen LogP) is 2.73. The van der Waals surface area contributed by atoms with Crippen LogP contribution in [0.15, 0.2) is 30.5 Å². The summed E-state index contributed by atoms with van der Waals surface area (Å²) in [6.07, 6.45) is 5.25. The molecule has 5 rings (SSSR count). The van der Waals surface area contributed by atoms with Crippen LogP contribution in [0.4, 0.5) is 23.3 Å². The third-order valence-electron chi connectivity index (χ3n) is 6.03. The smallest absolute Gasteiger partial charge is 0.247 e. The van der Waals surface area contributed by atoms with Crippen LogP contribution in [0, 0.1) is 6.92 Å². The van der Waals surface area contributed by atoms with E-state index in [1.54, 1.807) is 0 Å². The van der Waals surface area contributed by atoms with E-state index in [-0.39, 0.29) is 6.10 Å². The number of nitrogens with one attached hydrogen (secondary N) is 2. The third-order valence-corrected chi connectivity index (χ3v) is 6.03. The van der Waals surface area contributed by atoms with Crippen LogP contribution in [-0.4, -0.2) is 63.1 Å². The molecule has 0 amide bonds. The van der Waals surface area contributed by atoms with Gasteiger partial charge < -0.3 is 25.4 Å². The largest absolute Gasteiger partial charge is 0.393 e. The Kier molecular flexibility index (Phi) is 5.61. The van der Waals surface area contributed by atoms with E-state index in [0.717, 1.165) is 80.5 Å². The summed E-state index contributed by atoms with van der Waals surface area (Å²) in [5.41, 5.74) is 2.75. The second kappa shape index (κ2) is 8.68. The first-order chi connectivity index (χ1) is 15.2. The molecule has 3 aromatic heterocycles. The van der Waals surface area contributed by atoms with Crippen LogP contribution in [-0.2, 0) is 4.74 Å². The maximum atomic E-state index is 9.74. The number of fused-ring (bicyclic) bond motifs is 1. The van der Waals surface area contributed by atoms with E-state index >= 15 is 0 Å². The van der Waals surface area contributed by atoms with Crippen molar-refractivity contribution in [1.82, 2.24) is 19.6 Å². The van der Waals surface area contributed by atoms with Gasteiger partial charge >= 0.3 is 0 Å². The first-order valence-electron chi connectivity index (χ1n) is 11.0. The van der Waals surface area contributed by atoms with E-state index in [1.807, 2.05) is 28.9 Å². The highest BCUT2D eigenvalue weighted by atomic mass is 16.5. The molecule has 0 unspecified atom stereocenters. The number of aromatic nitrogens is 4. The van der Waals surface area contributed by atoms with Gasteiger partial charge in [0.2, 0.25) is 5.95 Å². The maximum absolute atomic E-state index is 9.74. The van der Waals surface area contributed by atoms with Crippen molar-refractivity contribution in [2.75, 3.05) is 41.8 Å². The molecule has 164 valence electrons. The van der Waals surface area contributed by atoms with Crippen molar-refractivity contribution in [3.05, 3.63) is 36.0 Å². The third kappa shape index (κ3) is 4.42. The zero-order valence-corrected chi connectivity index (χ0v) is 17.8. The van der Waals surface area contributed by atoms with Crippen molar-refractivity contribution in [3.63, 3.8) is 0 Å². The molecule has 3 aromatic rings. The molecule has 0 spiro atoms. The molecule has 1 saturated carbocycles. The lowest BCUT2D eigenvalue weighted by molar-refractivity contribution is 0.122. The fourth-order valence-electron chi connectivity index (χ4n) is 4.37. The van der Waals surface area contributed by atoms with Crippen LogP contribution >= 0.6 is 0 Å². The van der Waals surface area contributed by atoms with Crippen molar-refractivity contribution in [3.8, 4) is 0 Å². The van der Waals surface area contributed by atoms with Gasteiger partial charge in [-0.1, -0.05) is 6.07 Å². The number of pyridine rings is 2. The van der Waals surface area contributed by atoms with E-state index in [0.29, 0.717) is 12.0 Å². The highest BCUT2D eigenvalue weighted by Gasteiger charge is 2.20. The summed E-state index contributed by atoms with van der Waals surface area (Å²) in [6.45, 7) is 5.28. The Labute approximate surface area is 181 Å². The number of rotatable bonds is 5. The van der Waals surface area contributed by atoms with Crippen molar-refractivity contribution in [1.29, 1.82) is 0 Å². The van der Waals surface area contributed by atoms with Crippen LogP contribution in [0.3, 0.4) is 0 Å². The molecule has 9 nitrogen and oxygen atoms in total. The molecular formula is C22H29N7O2. The van der Waals surface area contributed by atoms with E-state index in [1.165, 1.54) is 0 Å². The summed E-state index contributed by atoms with van der Waals surface area (Å²) in [5.74, 6) is 2.45. The normalized spacial score (nSPS) is 21.9. The molecule has 1 saturated heterocycles. The minimum absolute atomic E-state index is 0.164. The average Bonchev–Trinajstić information content (AvgIpc) is 3.19. The molecular weight excluding hydrogens is 394 g/mol. The molecule has 3 N–H and O–H groups in total. The van der Waals surface area contributed by atoms with E-state index in [2.05, 4.69) is 43.6 Å². The summed E-state index contributed by atoms with van der Waals surface area (Å²) < 4.78 is 7.27. The number of aliphatic hydroxyl groups excluding tert-OH is 1. The van der Waals surface area contributed by atoms with Crippen LogP contribution in [0.5, 0.6) is 0 Å². The molecule has 0 aromatic carbocycles. The Morgan fingerprint density at radius 3 is 2.71 bits per heavy atom. The van der Waals surface area contributed by atoms with Gasteiger partial charge in [-0.05, 0) is 56.4 Å². The van der Waals surface area contributed by atoms with Crippen LogP contribution < -0.4 is 15.5 Å². The summed E-state index contributed by atoms with van der Waals surface area (Å²) in [7, 11) is 0. The summed E-state index contributed by atoms with van der Waals surface area (Å²) in [5, 5.41) is 21.3. The van der Waals surface area contributed by atoms with Gasteiger partial charge in [-0.3, -0.25) is 0 Å². The minimum Gasteiger partial charge on any atom is -0.393 e. The van der Waals surface area contributed by atoms with Gasteiger partial charge in [-0.15, -0.1) is 5.10 Å². The van der Waals surface area contributed by atoms with Crippen molar-refractivity contribution >= 4 is 28.9 Å². The zero-order valence-electron chi connectivity index (χ0n) is 17.8. The van der Waals surface area contributed by atoms with Gasteiger partial charge in [0.1, 0.15) is 11.6 Å².